The highest BCUT2D eigenvalue weighted by Gasteiger charge is 1.95. The van der Waals surface area contributed by atoms with Crippen LogP contribution in [0.4, 0.5) is 0 Å². The first kappa shape index (κ1) is 25.2. The molecule has 0 amide bonds. The molecule has 2 rings (SSSR count). The van der Waals surface area contributed by atoms with Gasteiger partial charge in [-0.15, -0.1) is 0 Å². The minimum absolute atomic E-state index is 0.786. The molecule has 4 heteroatoms. The minimum atomic E-state index is 0.786. The van der Waals surface area contributed by atoms with Crippen LogP contribution < -0.4 is 9.47 Å². The van der Waals surface area contributed by atoms with Crippen molar-refractivity contribution in [2.24, 2.45) is 0 Å². The topological polar surface area (TPSA) is 36.9 Å². The predicted molar refractivity (Wildman–Crippen MR) is 126 cm³/mol. The number of unbranched alkanes of at least 4 members (excludes halogenated alkanes) is 2. The number of hydrogen-bond acceptors (Lipinski definition) is 4. The van der Waals surface area contributed by atoms with Gasteiger partial charge in [-0.1, -0.05) is 51.0 Å². The molecule has 0 fully saturated rings. The average Bonchev–Trinajstić information content (AvgIpc) is 2.78. The maximum absolute atomic E-state index is 5.59. The molecule has 0 radical (unpaired) electrons. The SMILES string of the molecule is CCCCOc1cccc(/C=C/OC)c1.CCCCOc1cccc(/C=C\OC)c1. The second kappa shape index (κ2) is 17.0. The van der Waals surface area contributed by atoms with Crippen LogP contribution in [0.15, 0.2) is 61.1 Å². The van der Waals surface area contributed by atoms with Crippen LogP contribution in [0.1, 0.15) is 50.7 Å². The van der Waals surface area contributed by atoms with Crippen molar-refractivity contribution < 1.29 is 18.9 Å². The Hall–Kier alpha value is -2.88. The summed E-state index contributed by atoms with van der Waals surface area (Å²) in [6.45, 7) is 5.88. The van der Waals surface area contributed by atoms with E-state index in [1.165, 1.54) is 0 Å². The van der Waals surface area contributed by atoms with Crippen LogP contribution in [0.3, 0.4) is 0 Å². The van der Waals surface area contributed by atoms with Gasteiger partial charge < -0.3 is 18.9 Å². The van der Waals surface area contributed by atoms with E-state index in [0.717, 1.165) is 61.5 Å². The van der Waals surface area contributed by atoms with E-state index in [0.29, 0.717) is 0 Å². The summed E-state index contributed by atoms with van der Waals surface area (Å²) in [6.07, 6.45) is 11.6. The molecule has 0 saturated carbocycles. The van der Waals surface area contributed by atoms with Gasteiger partial charge in [0.05, 0.1) is 40.0 Å². The molecule has 2 aromatic rings. The highest BCUT2D eigenvalue weighted by atomic mass is 16.5. The summed E-state index contributed by atoms with van der Waals surface area (Å²) < 4.78 is 20.9. The third-order valence-electron chi connectivity index (χ3n) is 4.04. The molecule has 0 aromatic heterocycles. The third kappa shape index (κ3) is 11.8. The van der Waals surface area contributed by atoms with E-state index in [4.69, 9.17) is 18.9 Å². The Labute approximate surface area is 182 Å². The summed E-state index contributed by atoms with van der Waals surface area (Å²) in [5.41, 5.74) is 2.18. The van der Waals surface area contributed by atoms with Crippen molar-refractivity contribution in [1.82, 2.24) is 0 Å². The van der Waals surface area contributed by atoms with Gasteiger partial charge in [0, 0.05) is 0 Å². The van der Waals surface area contributed by atoms with Gasteiger partial charge in [0.25, 0.3) is 0 Å². The van der Waals surface area contributed by atoms with Crippen molar-refractivity contribution in [3.05, 3.63) is 72.2 Å². The van der Waals surface area contributed by atoms with E-state index in [1.807, 2.05) is 60.7 Å². The fourth-order valence-corrected chi connectivity index (χ4v) is 2.38. The molecule has 0 N–H and O–H groups in total. The van der Waals surface area contributed by atoms with Gasteiger partial charge in [-0.25, -0.2) is 0 Å². The molecule has 164 valence electrons. The first-order valence-electron chi connectivity index (χ1n) is 10.6. The normalized spacial score (nSPS) is 10.5. The second-order valence-electron chi connectivity index (χ2n) is 6.63. The molecular weight excluding hydrogens is 376 g/mol. The number of benzene rings is 2. The van der Waals surface area contributed by atoms with Gasteiger partial charge in [-0.05, 0) is 60.4 Å². The Bertz CT molecular complexity index is 674. The van der Waals surface area contributed by atoms with Crippen LogP contribution in [-0.4, -0.2) is 27.4 Å². The van der Waals surface area contributed by atoms with Gasteiger partial charge >= 0.3 is 0 Å². The molecule has 0 heterocycles. The van der Waals surface area contributed by atoms with Crippen molar-refractivity contribution in [3.8, 4) is 11.5 Å². The zero-order valence-corrected chi connectivity index (χ0v) is 18.8. The Balaban J connectivity index is 0.000000300. The Morgan fingerprint density at radius 1 is 0.667 bits per heavy atom. The molecule has 0 aliphatic heterocycles. The van der Waals surface area contributed by atoms with Crippen molar-refractivity contribution in [1.29, 1.82) is 0 Å². The third-order valence-corrected chi connectivity index (χ3v) is 4.04. The van der Waals surface area contributed by atoms with Gasteiger partial charge in [0.15, 0.2) is 0 Å². The van der Waals surface area contributed by atoms with Crippen molar-refractivity contribution in [3.63, 3.8) is 0 Å². The number of rotatable bonds is 12. The summed E-state index contributed by atoms with van der Waals surface area (Å²) in [6, 6.07) is 16.0. The molecule has 0 bridgehead atoms. The van der Waals surface area contributed by atoms with E-state index in [1.54, 1.807) is 26.7 Å². The smallest absolute Gasteiger partial charge is 0.119 e. The Morgan fingerprint density at radius 3 is 1.47 bits per heavy atom. The highest BCUT2D eigenvalue weighted by molar-refractivity contribution is 5.51. The van der Waals surface area contributed by atoms with E-state index in [2.05, 4.69) is 13.8 Å². The molecule has 0 spiro atoms. The number of methoxy groups -OCH3 is 2. The zero-order chi connectivity index (χ0) is 21.9. The van der Waals surface area contributed by atoms with Crippen LogP contribution in [0, 0.1) is 0 Å². The van der Waals surface area contributed by atoms with Crippen LogP contribution >= 0.6 is 0 Å². The van der Waals surface area contributed by atoms with Crippen LogP contribution in [0.5, 0.6) is 11.5 Å². The quantitative estimate of drug-likeness (QED) is 0.279. The van der Waals surface area contributed by atoms with E-state index < -0.39 is 0 Å². The monoisotopic (exact) mass is 412 g/mol. The fraction of sp³-hybridized carbons (Fsp3) is 0.385. The lowest BCUT2D eigenvalue weighted by molar-refractivity contribution is 0.309. The summed E-state index contributed by atoms with van der Waals surface area (Å²) in [5, 5.41) is 0. The first-order valence-corrected chi connectivity index (χ1v) is 10.6. The lowest BCUT2D eigenvalue weighted by Crippen LogP contribution is -1.96. The van der Waals surface area contributed by atoms with E-state index in [-0.39, 0.29) is 0 Å². The first-order chi connectivity index (χ1) is 14.7. The lowest BCUT2D eigenvalue weighted by Gasteiger charge is -2.05. The lowest BCUT2D eigenvalue weighted by atomic mass is 10.2. The summed E-state index contributed by atoms with van der Waals surface area (Å²) in [5.74, 6) is 1.84. The van der Waals surface area contributed by atoms with Crippen LogP contribution in [-0.2, 0) is 9.47 Å². The molecule has 30 heavy (non-hydrogen) atoms. The van der Waals surface area contributed by atoms with E-state index >= 15 is 0 Å². The summed E-state index contributed by atoms with van der Waals surface area (Å²) in [7, 11) is 3.27. The van der Waals surface area contributed by atoms with Gasteiger partial charge in [-0.2, -0.15) is 0 Å². The number of ether oxygens (including phenoxy) is 4. The molecule has 0 unspecified atom stereocenters. The van der Waals surface area contributed by atoms with Crippen LogP contribution in [0.2, 0.25) is 0 Å². The Kier molecular flexibility index (Phi) is 14.3. The molecular formula is C26H36O4. The predicted octanol–water partition coefficient (Wildman–Crippen LogP) is 6.97. The number of hydrogen-bond donors (Lipinski definition) is 0. The Morgan fingerprint density at radius 2 is 1.10 bits per heavy atom. The summed E-state index contributed by atoms with van der Waals surface area (Å²) >= 11 is 0. The molecule has 0 aliphatic rings. The largest absolute Gasteiger partial charge is 0.504 e. The zero-order valence-electron chi connectivity index (χ0n) is 18.8. The average molecular weight is 413 g/mol. The minimum Gasteiger partial charge on any atom is -0.504 e. The van der Waals surface area contributed by atoms with Gasteiger partial charge in [0.2, 0.25) is 0 Å². The maximum atomic E-state index is 5.59. The summed E-state index contributed by atoms with van der Waals surface area (Å²) in [4.78, 5) is 0. The maximum Gasteiger partial charge on any atom is 0.119 e. The fourth-order valence-electron chi connectivity index (χ4n) is 2.38. The molecule has 0 atom stereocenters. The van der Waals surface area contributed by atoms with Crippen molar-refractivity contribution in [2.45, 2.75) is 39.5 Å². The van der Waals surface area contributed by atoms with Crippen molar-refractivity contribution >= 4 is 12.2 Å². The molecule has 2 aromatic carbocycles. The van der Waals surface area contributed by atoms with E-state index in [9.17, 15) is 0 Å². The second-order valence-corrected chi connectivity index (χ2v) is 6.63. The van der Waals surface area contributed by atoms with Gasteiger partial charge in [-0.3, -0.25) is 0 Å². The van der Waals surface area contributed by atoms with Crippen LogP contribution in [0.25, 0.3) is 12.2 Å². The molecule has 0 aliphatic carbocycles. The van der Waals surface area contributed by atoms with Gasteiger partial charge in [0.1, 0.15) is 11.5 Å². The molecule has 4 nitrogen and oxygen atoms in total. The standard InChI is InChI=1S/2C13H18O2/c2*1-3-4-9-15-13-7-5-6-12(11-13)8-10-14-2/h2*5-8,10-11H,3-4,9H2,1-2H3/b10-8+;10-8-. The molecule has 0 saturated heterocycles. The van der Waals surface area contributed by atoms with Crippen molar-refractivity contribution in [2.75, 3.05) is 27.4 Å². The highest BCUT2D eigenvalue weighted by Crippen LogP contribution is 2.15.